The van der Waals surface area contributed by atoms with Crippen LogP contribution in [0.1, 0.15) is 21.6 Å². The fourth-order valence-electron chi connectivity index (χ4n) is 1.57. The lowest BCUT2D eigenvalue weighted by atomic mass is 10.2. The lowest BCUT2D eigenvalue weighted by Crippen LogP contribution is -2.02. The van der Waals surface area contributed by atoms with Crippen molar-refractivity contribution >= 4 is 17.6 Å². The van der Waals surface area contributed by atoms with Crippen LogP contribution >= 0.6 is 11.6 Å². The van der Waals surface area contributed by atoms with Crippen molar-refractivity contribution in [3.63, 3.8) is 0 Å². The van der Waals surface area contributed by atoms with Crippen LogP contribution < -0.4 is 4.74 Å². The van der Waals surface area contributed by atoms with Gasteiger partial charge in [0.25, 0.3) is 0 Å². The van der Waals surface area contributed by atoms with E-state index in [0.717, 1.165) is 5.56 Å². The maximum Gasteiger partial charge on any atom is 0.335 e. The molecule has 0 unspecified atom stereocenters. The number of hydrogen-bond acceptors (Lipinski definition) is 3. The molecule has 1 heterocycles. The van der Waals surface area contributed by atoms with Crippen molar-refractivity contribution in [2.75, 3.05) is 0 Å². The maximum atomic E-state index is 10.9. The summed E-state index contributed by atoms with van der Waals surface area (Å²) in [5, 5.41) is 9.61. The van der Waals surface area contributed by atoms with Gasteiger partial charge in [0.15, 0.2) is 0 Å². The van der Waals surface area contributed by atoms with Gasteiger partial charge in [-0.3, -0.25) is 0 Å². The Morgan fingerprint density at radius 3 is 2.63 bits per heavy atom. The van der Waals surface area contributed by atoms with Crippen molar-refractivity contribution in [2.45, 2.75) is 13.5 Å². The van der Waals surface area contributed by atoms with E-state index in [1.165, 1.54) is 12.1 Å². The molecular weight excluding hydrogens is 266 g/mol. The number of aromatic carboxylic acids is 1. The standard InChI is InChI=1S/C14H12ClNO3/c1-9-6-11(14(17)18)7-13(16-9)19-8-10-2-4-12(15)5-3-10/h2-7H,8H2,1H3,(H,17,18). The number of ether oxygens (including phenoxy) is 1. The van der Waals surface area contributed by atoms with Crippen molar-refractivity contribution in [2.24, 2.45) is 0 Å². The molecule has 4 nitrogen and oxygen atoms in total. The van der Waals surface area contributed by atoms with Crippen LogP contribution in [-0.4, -0.2) is 16.1 Å². The van der Waals surface area contributed by atoms with Gasteiger partial charge in [0.05, 0.1) is 5.56 Å². The van der Waals surface area contributed by atoms with Gasteiger partial charge in [0.2, 0.25) is 5.88 Å². The zero-order valence-electron chi connectivity index (χ0n) is 10.3. The topological polar surface area (TPSA) is 59.4 Å². The highest BCUT2D eigenvalue weighted by Gasteiger charge is 2.07. The van der Waals surface area contributed by atoms with Gasteiger partial charge in [-0.1, -0.05) is 23.7 Å². The fraction of sp³-hybridized carbons (Fsp3) is 0.143. The molecule has 0 aliphatic carbocycles. The summed E-state index contributed by atoms with van der Waals surface area (Å²) < 4.78 is 5.49. The Hall–Kier alpha value is -2.07. The lowest BCUT2D eigenvalue weighted by Gasteiger charge is -2.07. The third-order valence-corrected chi connectivity index (χ3v) is 2.73. The van der Waals surface area contributed by atoms with E-state index in [0.29, 0.717) is 23.2 Å². The molecule has 0 aliphatic heterocycles. The predicted molar refractivity (Wildman–Crippen MR) is 71.7 cm³/mol. The van der Waals surface area contributed by atoms with E-state index in [2.05, 4.69) is 4.98 Å². The normalized spacial score (nSPS) is 10.2. The van der Waals surface area contributed by atoms with Gasteiger partial charge in [0, 0.05) is 16.8 Å². The van der Waals surface area contributed by atoms with Gasteiger partial charge in [-0.05, 0) is 30.7 Å². The summed E-state index contributed by atoms with van der Waals surface area (Å²) in [7, 11) is 0. The molecule has 0 fully saturated rings. The first-order valence-corrected chi connectivity index (χ1v) is 6.01. The molecule has 0 saturated carbocycles. The molecule has 1 aromatic carbocycles. The molecule has 1 N–H and O–H groups in total. The number of benzene rings is 1. The van der Waals surface area contributed by atoms with E-state index < -0.39 is 5.97 Å². The van der Waals surface area contributed by atoms with Gasteiger partial charge in [-0.15, -0.1) is 0 Å². The van der Waals surface area contributed by atoms with Gasteiger partial charge in [-0.2, -0.15) is 0 Å². The number of carboxylic acid groups (broad SMARTS) is 1. The molecule has 19 heavy (non-hydrogen) atoms. The van der Waals surface area contributed by atoms with Crippen LogP contribution in [0, 0.1) is 6.92 Å². The summed E-state index contributed by atoms with van der Waals surface area (Å²) in [6, 6.07) is 10.1. The van der Waals surface area contributed by atoms with Crippen LogP contribution in [0.2, 0.25) is 5.02 Å². The van der Waals surface area contributed by atoms with Gasteiger partial charge < -0.3 is 9.84 Å². The Balaban J connectivity index is 2.11. The Kier molecular flexibility index (Phi) is 4.02. The molecule has 0 bridgehead atoms. The van der Waals surface area contributed by atoms with Gasteiger partial charge in [-0.25, -0.2) is 9.78 Å². The molecule has 2 rings (SSSR count). The average Bonchev–Trinajstić information content (AvgIpc) is 2.37. The number of nitrogens with zero attached hydrogens (tertiary/aromatic N) is 1. The summed E-state index contributed by atoms with van der Waals surface area (Å²) in [4.78, 5) is 15.1. The number of carbonyl (C=O) groups is 1. The molecule has 0 saturated heterocycles. The number of carboxylic acids is 1. The quantitative estimate of drug-likeness (QED) is 0.931. The van der Waals surface area contributed by atoms with Crippen LogP contribution in [0.3, 0.4) is 0 Å². The highest BCUT2D eigenvalue weighted by Crippen LogP contribution is 2.15. The highest BCUT2D eigenvalue weighted by molar-refractivity contribution is 6.30. The number of hydrogen-bond donors (Lipinski definition) is 1. The number of pyridine rings is 1. The van der Waals surface area contributed by atoms with Crippen molar-refractivity contribution < 1.29 is 14.6 Å². The van der Waals surface area contributed by atoms with Gasteiger partial charge in [0.1, 0.15) is 6.61 Å². The molecule has 2 aromatic rings. The first kappa shape index (κ1) is 13.4. The summed E-state index contributed by atoms with van der Waals surface area (Å²) >= 11 is 5.79. The largest absolute Gasteiger partial charge is 0.478 e. The molecule has 0 radical (unpaired) electrons. The second-order valence-corrected chi connectivity index (χ2v) is 4.49. The number of rotatable bonds is 4. The van der Waals surface area contributed by atoms with Crippen molar-refractivity contribution in [1.29, 1.82) is 0 Å². The Morgan fingerprint density at radius 2 is 2.00 bits per heavy atom. The summed E-state index contributed by atoms with van der Waals surface area (Å²) in [6.07, 6.45) is 0. The minimum atomic E-state index is -0.998. The Morgan fingerprint density at radius 1 is 1.32 bits per heavy atom. The van der Waals surface area contributed by atoms with E-state index in [4.69, 9.17) is 21.4 Å². The highest BCUT2D eigenvalue weighted by atomic mass is 35.5. The number of aryl methyl sites for hydroxylation is 1. The zero-order valence-corrected chi connectivity index (χ0v) is 11.0. The maximum absolute atomic E-state index is 10.9. The molecule has 0 atom stereocenters. The molecule has 0 aliphatic rings. The summed E-state index contributed by atoms with van der Waals surface area (Å²) in [6.45, 7) is 2.04. The van der Waals surface area contributed by atoms with Crippen molar-refractivity contribution in [3.8, 4) is 5.88 Å². The lowest BCUT2D eigenvalue weighted by molar-refractivity contribution is 0.0696. The van der Waals surface area contributed by atoms with Gasteiger partial charge >= 0.3 is 5.97 Å². The Labute approximate surface area is 115 Å². The number of aromatic nitrogens is 1. The van der Waals surface area contributed by atoms with Crippen molar-refractivity contribution in [1.82, 2.24) is 4.98 Å². The van der Waals surface area contributed by atoms with Crippen LogP contribution in [0.15, 0.2) is 36.4 Å². The third kappa shape index (κ3) is 3.69. The second-order valence-electron chi connectivity index (χ2n) is 4.06. The molecule has 5 heteroatoms. The van der Waals surface area contributed by atoms with Crippen LogP contribution in [-0.2, 0) is 6.61 Å². The minimum Gasteiger partial charge on any atom is -0.478 e. The van der Waals surface area contributed by atoms with Crippen LogP contribution in [0.25, 0.3) is 0 Å². The summed E-state index contributed by atoms with van der Waals surface area (Å²) in [5.74, 6) is -0.700. The van der Waals surface area contributed by atoms with E-state index >= 15 is 0 Å². The molecule has 0 amide bonds. The molecule has 98 valence electrons. The van der Waals surface area contributed by atoms with Crippen molar-refractivity contribution in [3.05, 3.63) is 58.2 Å². The zero-order chi connectivity index (χ0) is 13.8. The molecule has 0 spiro atoms. The van der Waals surface area contributed by atoms with E-state index in [-0.39, 0.29) is 5.56 Å². The van der Waals surface area contributed by atoms with E-state index in [9.17, 15) is 4.79 Å². The smallest absolute Gasteiger partial charge is 0.335 e. The first-order chi connectivity index (χ1) is 9.04. The molecule has 1 aromatic heterocycles. The predicted octanol–water partition coefficient (Wildman–Crippen LogP) is 3.32. The van der Waals surface area contributed by atoms with Crippen LogP contribution in [0.4, 0.5) is 0 Å². The minimum absolute atomic E-state index is 0.165. The fourth-order valence-corrected chi connectivity index (χ4v) is 1.70. The third-order valence-electron chi connectivity index (χ3n) is 2.48. The monoisotopic (exact) mass is 277 g/mol. The SMILES string of the molecule is Cc1cc(C(=O)O)cc(OCc2ccc(Cl)cc2)n1. The second kappa shape index (κ2) is 5.71. The number of halogens is 1. The van der Waals surface area contributed by atoms with E-state index in [1.807, 2.05) is 12.1 Å². The Bertz CT molecular complexity index is 596. The average molecular weight is 278 g/mol. The molecular formula is C14H12ClNO3. The summed E-state index contributed by atoms with van der Waals surface area (Å²) in [5.41, 5.74) is 1.70. The van der Waals surface area contributed by atoms with Crippen LogP contribution in [0.5, 0.6) is 5.88 Å². The van der Waals surface area contributed by atoms with E-state index in [1.54, 1.807) is 19.1 Å². The first-order valence-electron chi connectivity index (χ1n) is 5.64.